The van der Waals surface area contributed by atoms with E-state index in [4.69, 9.17) is 0 Å². The van der Waals surface area contributed by atoms with Crippen LogP contribution in [0.25, 0.3) is 0 Å². The van der Waals surface area contributed by atoms with Crippen molar-refractivity contribution in [2.24, 2.45) is 14.1 Å². The van der Waals surface area contributed by atoms with Gasteiger partial charge in [-0.25, -0.2) is 13.2 Å². The molecule has 0 bridgehead atoms. The maximum Gasteiger partial charge on any atom is 0.330 e. The van der Waals surface area contributed by atoms with E-state index in [2.05, 4.69) is 16.5 Å². The number of aromatic nitrogens is 2. The molecule has 8 nitrogen and oxygen atoms in total. The molecule has 1 aromatic carbocycles. The highest BCUT2D eigenvalue weighted by Gasteiger charge is 2.10. The number of hydrogen-bond acceptors (Lipinski definition) is 5. The number of benzene rings is 1. The molecule has 1 N–H and O–H groups in total. The first-order valence-corrected chi connectivity index (χ1v) is 11.6. The summed E-state index contributed by atoms with van der Waals surface area (Å²) in [7, 11) is -0.165. The third-order valence-corrected chi connectivity index (χ3v) is 5.58. The number of aryl methyl sites for hydroxylation is 1. The van der Waals surface area contributed by atoms with E-state index in [0.717, 1.165) is 54.6 Å². The third kappa shape index (κ3) is 6.57. The van der Waals surface area contributed by atoms with Gasteiger partial charge in [-0.1, -0.05) is 25.1 Å². The van der Waals surface area contributed by atoms with Crippen molar-refractivity contribution in [3.63, 3.8) is 0 Å². The Hall–Kier alpha value is -2.39. The number of rotatable bonds is 10. The molecular formula is C20H30N4O4S. The zero-order valence-corrected chi connectivity index (χ0v) is 18.3. The average molecular weight is 423 g/mol. The standard InChI is InChI=1S/C20H30N4O4S/c1-5-24(13-8-10-17-15-19(25)23(3)20(26)22(17)2)14-12-16-9-6-7-11-18(16)21-29(4,27)28/h6-7,9,11,15,21H,5,8,10,12-14H2,1-4H3. The van der Waals surface area contributed by atoms with Crippen molar-refractivity contribution in [3.8, 4) is 0 Å². The molecule has 0 aliphatic carbocycles. The monoisotopic (exact) mass is 422 g/mol. The summed E-state index contributed by atoms with van der Waals surface area (Å²) < 4.78 is 28.3. The molecule has 0 saturated heterocycles. The predicted molar refractivity (Wildman–Crippen MR) is 116 cm³/mol. The molecule has 9 heteroatoms. The molecule has 1 heterocycles. The Morgan fingerprint density at radius 1 is 1.03 bits per heavy atom. The topological polar surface area (TPSA) is 93.4 Å². The molecule has 0 unspecified atom stereocenters. The van der Waals surface area contributed by atoms with Crippen LogP contribution in [0.5, 0.6) is 0 Å². The van der Waals surface area contributed by atoms with Crippen LogP contribution in [0.15, 0.2) is 39.9 Å². The first-order chi connectivity index (χ1) is 13.6. The molecule has 0 aliphatic rings. The van der Waals surface area contributed by atoms with Crippen LogP contribution >= 0.6 is 0 Å². The van der Waals surface area contributed by atoms with Crippen LogP contribution < -0.4 is 16.0 Å². The van der Waals surface area contributed by atoms with Crippen molar-refractivity contribution in [1.29, 1.82) is 0 Å². The zero-order chi connectivity index (χ0) is 21.6. The highest BCUT2D eigenvalue weighted by molar-refractivity contribution is 7.92. The predicted octanol–water partition coefficient (Wildman–Crippen LogP) is 0.953. The number of likely N-dealkylation sites (N-methyl/N-ethyl adjacent to an activating group) is 1. The Labute approximate surface area is 171 Å². The lowest BCUT2D eigenvalue weighted by Gasteiger charge is -2.21. The fraction of sp³-hybridized carbons (Fsp3) is 0.500. The van der Waals surface area contributed by atoms with E-state index in [1.807, 2.05) is 18.2 Å². The normalized spacial score (nSPS) is 11.8. The summed E-state index contributed by atoms with van der Waals surface area (Å²) in [5.74, 6) is 0. The lowest BCUT2D eigenvalue weighted by molar-refractivity contribution is 0.287. The van der Waals surface area contributed by atoms with Gasteiger partial charge in [-0.15, -0.1) is 0 Å². The number of hydrogen-bond donors (Lipinski definition) is 1. The van der Waals surface area contributed by atoms with Gasteiger partial charge in [0.05, 0.1) is 11.9 Å². The van der Waals surface area contributed by atoms with E-state index in [1.165, 1.54) is 17.7 Å². The minimum Gasteiger partial charge on any atom is -0.303 e. The van der Waals surface area contributed by atoms with Crippen LogP contribution in [0, 0.1) is 0 Å². The average Bonchev–Trinajstić information content (AvgIpc) is 2.66. The molecule has 2 aromatic rings. The SMILES string of the molecule is CCN(CCCc1cc(=O)n(C)c(=O)n1C)CCc1ccccc1NS(C)(=O)=O. The van der Waals surface area contributed by atoms with Gasteiger partial charge in [0.1, 0.15) is 0 Å². The summed E-state index contributed by atoms with van der Waals surface area (Å²) in [5.41, 5.74) is 1.70. The van der Waals surface area contributed by atoms with E-state index in [-0.39, 0.29) is 11.2 Å². The van der Waals surface area contributed by atoms with E-state index in [0.29, 0.717) is 12.1 Å². The van der Waals surface area contributed by atoms with Crippen LogP contribution in [-0.2, 0) is 37.0 Å². The Bertz CT molecular complexity index is 1060. The Morgan fingerprint density at radius 3 is 2.38 bits per heavy atom. The molecule has 1 aromatic heterocycles. The van der Waals surface area contributed by atoms with Crippen molar-refractivity contribution < 1.29 is 8.42 Å². The lowest BCUT2D eigenvalue weighted by Crippen LogP contribution is -2.38. The summed E-state index contributed by atoms with van der Waals surface area (Å²) in [5, 5.41) is 0. The van der Waals surface area contributed by atoms with Gasteiger partial charge >= 0.3 is 5.69 Å². The molecule has 0 saturated carbocycles. The zero-order valence-electron chi connectivity index (χ0n) is 17.5. The molecule has 0 aliphatic heterocycles. The Balaban J connectivity index is 1.96. The fourth-order valence-electron chi connectivity index (χ4n) is 3.25. The lowest BCUT2D eigenvalue weighted by atomic mass is 10.1. The van der Waals surface area contributed by atoms with Gasteiger partial charge in [-0.05, 0) is 44.0 Å². The summed E-state index contributed by atoms with van der Waals surface area (Å²) in [6, 6.07) is 8.92. The van der Waals surface area contributed by atoms with Gasteiger partial charge in [0.15, 0.2) is 0 Å². The second-order valence-corrected chi connectivity index (χ2v) is 8.94. The molecule has 0 atom stereocenters. The van der Waals surface area contributed by atoms with Crippen molar-refractivity contribution in [3.05, 3.63) is 62.4 Å². The number of sulfonamides is 1. The second-order valence-electron chi connectivity index (χ2n) is 7.19. The van der Waals surface area contributed by atoms with E-state index >= 15 is 0 Å². The summed E-state index contributed by atoms with van der Waals surface area (Å²) in [6.07, 6.45) is 3.32. The van der Waals surface area contributed by atoms with Crippen molar-refractivity contribution in [1.82, 2.24) is 14.0 Å². The van der Waals surface area contributed by atoms with Gasteiger partial charge in [0.2, 0.25) is 10.0 Å². The van der Waals surface area contributed by atoms with Crippen molar-refractivity contribution >= 4 is 15.7 Å². The molecule has 0 spiro atoms. The fourth-order valence-corrected chi connectivity index (χ4v) is 3.84. The van der Waals surface area contributed by atoms with E-state index in [9.17, 15) is 18.0 Å². The number of nitrogens with one attached hydrogen (secondary N) is 1. The first kappa shape index (κ1) is 22.9. The van der Waals surface area contributed by atoms with Gasteiger partial charge in [-0.2, -0.15) is 0 Å². The Kier molecular flexibility index (Phi) is 7.80. The second kappa shape index (κ2) is 9.89. The van der Waals surface area contributed by atoms with Crippen molar-refractivity contribution in [2.75, 3.05) is 30.6 Å². The summed E-state index contributed by atoms with van der Waals surface area (Å²) in [6.45, 7) is 4.54. The highest BCUT2D eigenvalue weighted by Crippen LogP contribution is 2.17. The van der Waals surface area contributed by atoms with Crippen LogP contribution in [0.2, 0.25) is 0 Å². The number of para-hydroxylation sites is 1. The van der Waals surface area contributed by atoms with Crippen LogP contribution in [0.1, 0.15) is 24.6 Å². The largest absolute Gasteiger partial charge is 0.330 e. The van der Waals surface area contributed by atoms with Gasteiger partial charge < -0.3 is 9.47 Å². The van der Waals surface area contributed by atoms with Crippen LogP contribution in [-0.4, -0.2) is 48.3 Å². The van der Waals surface area contributed by atoms with Crippen LogP contribution in [0.3, 0.4) is 0 Å². The quantitative estimate of drug-likeness (QED) is 0.615. The van der Waals surface area contributed by atoms with Gasteiger partial charge in [0, 0.05) is 32.4 Å². The van der Waals surface area contributed by atoms with E-state index < -0.39 is 10.0 Å². The molecule has 0 amide bonds. The summed E-state index contributed by atoms with van der Waals surface area (Å²) in [4.78, 5) is 26.1. The molecule has 2 rings (SSSR count). The molecule has 29 heavy (non-hydrogen) atoms. The maximum atomic E-state index is 12.0. The third-order valence-electron chi connectivity index (χ3n) is 4.99. The summed E-state index contributed by atoms with van der Waals surface area (Å²) >= 11 is 0. The Morgan fingerprint density at radius 2 is 1.72 bits per heavy atom. The smallest absolute Gasteiger partial charge is 0.303 e. The van der Waals surface area contributed by atoms with E-state index in [1.54, 1.807) is 13.1 Å². The molecular weight excluding hydrogens is 392 g/mol. The number of anilines is 1. The minimum absolute atomic E-state index is 0.287. The van der Waals surface area contributed by atoms with Gasteiger partial charge in [0.25, 0.3) is 5.56 Å². The molecule has 0 fully saturated rings. The molecule has 0 radical (unpaired) electrons. The minimum atomic E-state index is -3.32. The van der Waals surface area contributed by atoms with Crippen molar-refractivity contribution in [2.45, 2.75) is 26.2 Å². The van der Waals surface area contributed by atoms with Crippen LogP contribution in [0.4, 0.5) is 5.69 Å². The first-order valence-electron chi connectivity index (χ1n) is 9.66. The highest BCUT2D eigenvalue weighted by atomic mass is 32.2. The molecule has 160 valence electrons. The maximum absolute atomic E-state index is 12.0. The number of nitrogens with zero attached hydrogens (tertiary/aromatic N) is 3. The van der Waals surface area contributed by atoms with Gasteiger partial charge in [-0.3, -0.25) is 14.1 Å².